The van der Waals surface area contributed by atoms with Crippen LogP contribution in [0.1, 0.15) is 62.3 Å². The quantitative estimate of drug-likeness (QED) is 0.254. The fourth-order valence-electron chi connectivity index (χ4n) is 5.29. The maximum atomic E-state index is 13.2. The third-order valence-electron chi connectivity index (χ3n) is 7.57. The monoisotopic (exact) mass is 577 g/mol. The molecule has 3 rings (SSSR count). The number of aryl methyl sites for hydroxylation is 1. The molecule has 37 heavy (non-hydrogen) atoms. The fraction of sp³-hybridized carbons (Fsp3) is 0.760. The molecule has 2 heterocycles. The summed E-state index contributed by atoms with van der Waals surface area (Å²) in [5, 5.41) is 0. The van der Waals surface area contributed by atoms with Crippen molar-refractivity contribution < 1.29 is 36.5 Å². The van der Waals surface area contributed by atoms with Crippen LogP contribution in [0.5, 0.6) is 0 Å². The SMILES string of the molecule is [3H]C1O[C@]2(COS(=O)(=O)c3ccc(C)cc3)CO[Si](C(C)C)(C(C)C)O[Si](C(C)C)(C(C)C)OC2[C@@H]1ON. The van der Waals surface area contributed by atoms with Crippen molar-refractivity contribution in [2.75, 3.05) is 19.8 Å². The van der Waals surface area contributed by atoms with E-state index in [1.54, 1.807) is 12.1 Å². The van der Waals surface area contributed by atoms with E-state index < -0.39 is 58.2 Å². The average Bonchev–Trinajstić information content (AvgIpc) is 3.07. The minimum absolute atomic E-state index is 0.00620. The van der Waals surface area contributed by atoms with Crippen LogP contribution in [0.2, 0.25) is 22.2 Å². The first kappa shape index (κ1) is 29.3. The Bertz CT molecular complexity index is 1040. The van der Waals surface area contributed by atoms with Crippen LogP contribution in [0.3, 0.4) is 0 Å². The maximum Gasteiger partial charge on any atom is 0.335 e. The average molecular weight is 578 g/mol. The highest BCUT2D eigenvalue weighted by atomic mass is 32.2. The van der Waals surface area contributed by atoms with Crippen LogP contribution in [0, 0.1) is 6.92 Å². The lowest BCUT2D eigenvalue weighted by Crippen LogP contribution is -2.69. The molecular formula is C25H45NO8SSi2. The van der Waals surface area contributed by atoms with Crippen molar-refractivity contribution in [1.29, 1.82) is 0 Å². The van der Waals surface area contributed by atoms with Crippen molar-refractivity contribution >= 4 is 27.2 Å². The number of nitrogens with two attached hydrogens (primary N) is 1. The Hall–Kier alpha value is -0.676. The van der Waals surface area contributed by atoms with Crippen molar-refractivity contribution in [1.82, 2.24) is 0 Å². The number of rotatable bonds is 9. The molecular weight excluding hydrogens is 531 g/mol. The molecule has 1 aromatic rings. The molecule has 2 aliphatic rings. The Morgan fingerprint density at radius 3 is 2.05 bits per heavy atom. The van der Waals surface area contributed by atoms with E-state index in [1.165, 1.54) is 12.1 Å². The molecule has 0 bridgehead atoms. The summed E-state index contributed by atoms with van der Waals surface area (Å²) < 4.78 is 67.7. The second kappa shape index (κ2) is 11.4. The normalized spacial score (nSPS) is 30.4. The summed E-state index contributed by atoms with van der Waals surface area (Å²) >= 11 is 0. The Morgan fingerprint density at radius 2 is 1.57 bits per heavy atom. The van der Waals surface area contributed by atoms with Gasteiger partial charge in [-0.2, -0.15) is 8.42 Å². The smallest absolute Gasteiger partial charge is 0.335 e. The van der Waals surface area contributed by atoms with Gasteiger partial charge >= 0.3 is 17.1 Å². The predicted molar refractivity (Wildman–Crippen MR) is 146 cm³/mol. The lowest BCUT2D eigenvalue weighted by Gasteiger charge is -2.53. The largest absolute Gasteiger partial charge is 0.414 e. The molecule has 0 aromatic heterocycles. The molecule has 9 nitrogen and oxygen atoms in total. The number of hydrogen-bond donors (Lipinski definition) is 1. The van der Waals surface area contributed by atoms with Crippen molar-refractivity contribution in [2.45, 2.75) is 107 Å². The number of fused-ring (bicyclic) bond motifs is 1. The standard InChI is InChI=1S/C25H45NO8SSi2/c1-17(2)36(18(3)4)31-16-25(15-30-35(27,28)22-12-10-21(9)11-13-22)24(23(32-26)14-29-25)33-37(34-36,19(5)6)20(7)8/h10-13,17-20,23-24H,14-16,26H2,1-9H3/t23-,24?,25-/m1/s1/i14T/t14?,23-,24?,25-. The van der Waals surface area contributed by atoms with Crippen LogP contribution in [0.15, 0.2) is 29.2 Å². The Balaban J connectivity index is 2.13. The van der Waals surface area contributed by atoms with E-state index in [9.17, 15) is 8.42 Å². The molecule has 2 aliphatic heterocycles. The van der Waals surface area contributed by atoms with Crippen LogP contribution in [-0.2, 0) is 36.8 Å². The zero-order valence-electron chi connectivity index (χ0n) is 24.5. The van der Waals surface area contributed by atoms with Crippen LogP contribution < -0.4 is 5.90 Å². The minimum atomic E-state index is -4.14. The van der Waals surface area contributed by atoms with E-state index in [0.717, 1.165) is 5.56 Å². The molecule has 0 radical (unpaired) electrons. The molecule has 2 saturated heterocycles. The first-order valence-corrected chi connectivity index (χ1v) is 18.4. The molecule has 2 fully saturated rings. The van der Waals surface area contributed by atoms with Gasteiger partial charge in [0.25, 0.3) is 10.1 Å². The highest BCUT2D eigenvalue weighted by Gasteiger charge is 2.64. The van der Waals surface area contributed by atoms with Gasteiger partial charge in [0.1, 0.15) is 24.4 Å². The first-order chi connectivity index (χ1) is 17.6. The van der Waals surface area contributed by atoms with Gasteiger partial charge in [0, 0.05) is 0 Å². The van der Waals surface area contributed by atoms with Crippen LogP contribution in [0.25, 0.3) is 0 Å². The summed E-state index contributed by atoms with van der Waals surface area (Å²) in [7, 11) is -10.2. The molecule has 0 aliphatic carbocycles. The van der Waals surface area contributed by atoms with Crippen molar-refractivity contribution in [3.63, 3.8) is 0 Å². The Morgan fingerprint density at radius 1 is 1.03 bits per heavy atom. The van der Waals surface area contributed by atoms with E-state index in [0.29, 0.717) is 0 Å². The van der Waals surface area contributed by atoms with Gasteiger partial charge in [-0.15, -0.1) is 0 Å². The maximum absolute atomic E-state index is 13.2. The zero-order valence-corrected chi connectivity index (χ0v) is 26.3. The summed E-state index contributed by atoms with van der Waals surface area (Å²) in [5.74, 6) is 5.66. The third kappa shape index (κ3) is 5.79. The molecule has 0 saturated carbocycles. The van der Waals surface area contributed by atoms with Gasteiger partial charge in [0.2, 0.25) is 0 Å². The molecule has 1 aromatic carbocycles. The second-order valence-electron chi connectivity index (χ2n) is 11.4. The van der Waals surface area contributed by atoms with Crippen LogP contribution in [-0.4, -0.2) is 63.1 Å². The van der Waals surface area contributed by atoms with Crippen LogP contribution in [0.4, 0.5) is 0 Å². The lowest BCUT2D eigenvalue weighted by molar-refractivity contribution is -0.126. The number of hydrogen-bond acceptors (Lipinski definition) is 9. The predicted octanol–water partition coefficient (Wildman–Crippen LogP) is 4.68. The van der Waals surface area contributed by atoms with Gasteiger partial charge in [-0.25, -0.2) is 5.90 Å². The Labute approximate surface area is 226 Å². The lowest BCUT2D eigenvalue weighted by atomic mass is 9.98. The summed E-state index contributed by atoms with van der Waals surface area (Å²) in [6.07, 6.45) is -1.93. The van der Waals surface area contributed by atoms with Crippen LogP contribution >= 0.6 is 0 Å². The zero-order chi connectivity index (χ0) is 28.7. The van der Waals surface area contributed by atoms with Crippen molar-refractivity contribution in [3.8, 4) is 0 Å². The van der Waals surface area contributed by atoms with Crippen molar-refractivity contribution in [2.24, 2.45) is 5.90 Å². The minimum Gasteiger partial charge on any atom is -0.414 e. The van der Waals surface area contributed by atoms with Gasteiger partial charge in [0.05, 0.1) is 19.5 Å². The van der Waals surface area contributed by atoms with Gasteiger partial charge in [-0.3, -0.25) is 9.02 Å². The topological polar surface area (TPSA) is 116 Å². The highest BCUT2D eigenvalue weighted by Crippen LogP contribution is 2.49. The molecule has 4 atom stereocenters. The van der Waals surface area contributed by atoms with E-state index >= 15 is 0 Å². The van der Waals surface area contributed by atoms with Gasteiger partial charge in [0.15, 0.2) is 0 Å². The molecule has 2 unspecified atom stereocenters. The molecule has 0 amide bonds. The van der Waals surface area contributed by atoms with Gasteiger partial charge in [-0.1, -0.05) is 73.1 Å². The van der Waals surface area contributed by atoms with E-state index in [4.69, 9.17) is 34.0 Å². The Kier molecular flexibility index (Phi) is 9.06. The van der Waals surface area contributed by atoms with Crippen molar-refractivity contribution in [3.05, 3.63) is 29.8 Å². The second-order valence-corrected chi connectivity index (χ2v) is 21.9. The van der Waals surface area contributed by atoms with Gasteiger partial charge < -0.3 is 17.7 Å². The molecule has 212 valence electrons. The summed E-state index contributed by atoms with van der Waals surface area (Å²) in [5.41, 5.74) is -0.386. The fourth-order valence-corrected chi connectivity index (χ4v) is 17.5. The van der Waals surface area contributed by atoms with Gasteiger partial charge in [-0.05, 0) is 41.2 Å². The molecule has 12 heteroatoms. The summed E-state index contributed by atoms with van der Waals surface area (Å²) in [4.78, 5) is 5.25. The molecule has 0 spiro atoms. The highest BCUT2D eigenvalue weighted by molar-refractivity contribution is 7.86. The molecule has 2 N–H and O–H groups in total. The van der Waals surface area contributed by atoms with E-state index in [-0.39, 0.29) is 33.7 Å². The first-order valence-electron chi connectivity index (χ1n) is 13.6. The van der Waals surface area contributed by atoms with E-state index in [2.05, 4.69) is 55.4 Å². The summed E-state index contributed by atoms with van der Waals surface area (Å²) in [6.45, 7) is 16.8. The number of benzene rings is 1. The number of ether oxygens (including phenoxy) is 1. The van der Waals surface area contributed by atoms with E-state index in [1.807, 2.05) is 6.92 Å². The summed E-state index contributed by atoms with van der Waals surface area (Å²) in [6, 6.07) is 6.41. The third-order valence-corrected chi connectivity index (χ3v) is 19.1.